The van der Waals surface area contributed by atoms with Crippen LogP contribution in [0.4, 0.5) is 0 Å². The minimum atomic E-state index is -2.98. The highest BCUT2D eigenvalue weighted by Crippen LogP contribution is 2.27. The molecule has 1 aliphatic rings. The fourth-order valence-corrected chi connectivity index (χ4v) is 5.35. The molecule has 7 nitrogen and oxygen atoms in total. The molecule has 0 spiro atoms. The van der Waals surface area contributed by atoms with E-state index >= 15 is 0 Å². The van der Waals surface area contributed by atoms with Crippen molar-refractivity contribution < 1.29 is 17.9 Å². The summed E-state index contributed by atoms with van der Waals surface area (Å²) in [6.07, 6.45) is 0.881. The number of carbonyl (C=O) groups is 1. The topological polar surface area (TPSA) is 81.5 Å². The normalized spacial score (nSPS) is 18.0. The van der Waals surface area contributed by atoms with Crippen molar-refractivity contribution in [1.82, 2.24) is 14.7 Å². The fraction of sp³-hybridized carbons (Fsp3) is 0.524. The average molecular weight is 420 g/mol. The van der Waals surface area contributed by atoms with Gasteiger partial charge in [-0.05, 0) is 39.3 Å². The number of carbonyl (C=O) groups excluding carboxylic acids is 1. The third-order valence-electron chi connectivity index (χ3n) is 5.46. The van der Waals surface area contributed by atoms with Crippen LogP contribution in [0, 0.1) is 20.8 Å². The van der Waals surface area contributed by atoms with Crippen LogP contribution in [0.15, 0.2) is 24.3 Å². The highest BCUT2D eigenvalue weighted by atomic mass is 32.2. The lowest BCUT2D eigenvalue weighted by molar-refractivity contribution is -0.130. The van der Waals surface area contributed by atoms with Gasteiger partial charge in [0.1, 0.15) is 5.75 Å². The fourth-order valence-electron chi connectivity index (χ4n) is 3.66. The second kappa shape index (κ2) is 8.57. The summed E-state index contributed by atoms with van der Waals surface area (Å²) in [6, 6.07) is 7.63. The molecule has 0 N–H and O–H groups in total. The number of hydrogen-bond acceptors (Lipinski definition) is 5. The lowest BCUT2D eigenvalue weighted by atomic mass is 10.1. The van der Waals surface area contributed by atoms with E-state index in [4.69, 9.17) is 4.74 Å². The van der Waals surface area contributed by atoms with E-state index in [0.29, 0.717) is 19.6 Å². The summed E-state index contributed by atoms with van der Waals surface area (Å²) >= 11 is 0. The largest absolute Gasteiger partial charge is 0.493 e. The van der Waals surface area contributed by atoms with Crippen molar-refractivity contribution in [3.05, 3.63) is 46.8 Å². The van der Waals surface area contributed by atoms with Crippen LogP contribution in [0.25, 0.3) is 0 Å². The molecule has 158 valence electrons. The number of rotatable bonds is 7. The van der Waals surface area contributed by atoms with Crippen LogP contribution in [0.1, 0.15) is 41.4 Å². The molecule has 0 radical (unpaired) electrons. The van der Waals surface area contributed by atoms with Gasteiger partial charge in [0.15, 0.2) is 9.84 Å². The predicted molar refractivity (Wildman–Crippen MR) is 112 cm³/mol. The van der Waals surface area contributed by atoms with Crippen LogP contribution in [0.3, 0.4) is 0 Å². The number of nitrogens with zero attached hydrogens (tertiary/aromatic N) is 3. The summed E-state index contributed by atoms with van der Waals surface area (Å²) in [7, 11) is -1.21. The Morgan fingerprint density at radius 2 is 1.93 bits per heavy atom. The number of hydrogen-bond donors (Lipinski definition) is 0. The lowest BCUT2D eigenvalue weighted by Crippen LogP contribution is -2.28. The Labute approximate surface area is 172 Å². The molecule has 1 amide bonds. The zero-order valence-electron chi connectivity index (χ0n) is 17.5. The van der Waals surface area contributed by atoms with E-state index in [9.17, 15) is 13.2 Å². The Bertz CT molecular complexity index is 980. The molecule has 1 aromatic heterocycles. The first kappa shape index (κ1) is 21.4. The van der Waals surface area contributed by atoms with Gasteiger partial charge in [-0.3, -0.25) is 9.48 Å². The van der Waals surface area contributed by atoms with Gasteiger partial charge in [-0.1, -0.05) is 17.7 Å². The Hall–Kier alpha value is -2.35. The van der Waals surface area contributed by atoms with Crippen molar-refractivity contribution in [2.75, 3.05) is 25.2 Å². The zero-order valence-corrected chi connectivity index (χ0v) is 18.3. The maximum atomic E-state index is 12.5. The van der Waals surface area contributed by atoms with Gasteiger partial charge in [-0.15, -0.1) is 0 Å². The number of aromatic nitrogens is 2. The van der Waals surface area contributed by atoms with E-state index in [1.54, 1.807) is 11.9 Å². The molecule has 8 heteroatoms. The van der Waals surface area contributed by atoms with Crippen molar-refractivity contribution >= 4 is 15.7 Å². The summed E-state index contributed by atoms with van der Waals surface area (Å²) < 4.78 is 31.1. The third-order valence-corrected chi connectivity index (χ3v) is 7.21. The second-order valence-electron chi connectivity index (χ2n) is 7.81. The molecule has 29 heavy (non-hydrogen) atoms. The second-order valence-corrected chi connectivity index (χ2v) is 10.0. The Balaban J connectivity index is 1.57. The Morgan fingerprint density at radius 1 is 1.24 bits per heavy atom. The summed E-state index contributed by atoms with van der Waals surface area (Å²) in [6.45, 7) is 6.63. The number of amides is 1. The van der Waals surface area contributed by atoms with Crippen molar-refractivity contribution in [1.29, 1.82) is 0 Å². The van der Waals surface area contributed by atoms with Crippen molar-refractivity contribution in [2.45, 2.75) is 46.2 Å². The SMILES string of the molecule is Cc1ccc(OCCC(=O)N(C)Cc2c(C)nn([C@H]3CCS(=O)(=O)C3)c2C)cc1. The maximum absolute atomic E-state index is 12.5. The number of ether oxygens (including phenoxy) is 1. The summed E-state index contributed by atoms with van der Waals surface area (Å²) in [5, 5.41) is 4.57. The highest BCUT2D eigenvalue weighted by Gasteiger charge is 2.31. The van der Waals surface area contributed by atoms with Gasteiger partial charge in [0.2, 0.25) is 5.91 Å². The molecule has 1 fully saturated rings. The van der Waals surface area contributed by atoms with E-state index in [2.05, 4.69) is 5.10 Å². The smallest absolute Gasteiger partial charge is 0.226 e. The summed E-state index contributed by atoms with van der Waals surface area (Å²) in [4.78, 5) is 14.2. The van der Waals surface area contributed by atoms with Crippen LogP contribution in [-0.2, 0) is 21.2 Å². The molecule has 1 saturated heterocycles. The third kappa shape index (κ3) is 5.18. The maximum Gasteiger partial charge on any atom is 0.226 e. The molecule has 0 unspecified atom stereocenters. The minimum Gasteiger partial charge on any atom is -0.493 e. The van der Waals surface area contributed by atoms with Gasteiger partial charge in [-0.2, -0.15) is 5.10 Å². The quantitative estimate of drug-likeness (QED) is 0.689. The predicted octanol–water partition coefficient (Wildman–Crippen LogP) is 2.60. The molecular formula is C21H29N3O4S. The van der Waals surface area contributed by atoms with E-state index in [-0.39, 0.29) is 29.9 Å². The Kier molecular flexibility index (Phi) is 6.31. The lowest BCUT2D eigenvalue weighted by Gasteiger charge is -2.18. The van der Waals surface area contributed by atoms with Gasteiger partial charge < -0.3 is 9.64 Å². The molecule has 1 aliphatic heterocycles. The first-order valence-electron chi connectivity index (χ1n) is 9.85. The highest BCUT2D eigenvalue weighted by molar-refractivity contribution is 7.91. The molecule has 1 atom stereocenters. The van der Waals surface area contributed by atoms with Gasteiger partial charge in [-0.25, -0.2) is 8.42 Å². The molecule has 2 heterocycles. The standard InChI is InChI=1S/C21H29N3O4S/c1-15-5-7-19(8-6-15)28-11-9-21(25)23(4)13-20-16(2)22-24(17(20)3)18-10-12-29(26,27)14-18/h5-8,18H,9-14H2,1-4H3/t18-/m0/s1. The van der Waals surface area contributed by atoms with Crippen LogP contribution < -0.4 is 4.74 Å². The molecular weight excluding hydrogens is 390 g/mol. The first-order chi connectivity index (χ1) is 13.7. The summed E-state index contributed by atoms with van der Waals surface area (Å²) in [5.41, 5.74) is 3.90. The zero-order chi connectivity index (χ0) is 21.2. The van der Waals surface area contributed by atoms with Gasteiger partial charge in [0.25, 0.3) is 0 Å². The van der Waals surface area contributed by atoms with Crippen LogP contribution >= 0.6 is 0 Å². The molecule has 0 bridgehead atoms. The van der Waals surface area contributed by atoms with Gasteiger partial charge in [0, 0.05) is 24.8 Å². The minimum absolute atomic E-state index is 0.00731. The van der Waals surface area contributed by atoms with E-state index in [1.165, 1.54) is 0 Å². The van der Waals surface area contributed by atoms with Crippen molar-refractivity contribution in [2.24, 2.45) is 0 Å². The molecule has 0 aliphatic carbocycles. The summed E-state index contributed by atoms with van der Waals surface area (Å²) in [5.74, 6) is 1.10. The van der Waals surface area contributed by atoms with Gasteiger partial charge >= 0.3 is 0 Å². The molecule has 3 rings (SSSR count). The van der Waals surface area contributed by atoms with E-state index in [0.717, 1.165) is 28.3 Å². The van der Waals surface area contributed by atoms with E-state index < -0.39 is 9.84 Å². The first-order valence-corrected chi connectivity index (χ1v) is 11.7. The Morgan fingerprint density at radius 3 is 2.55 bits per heavy atom. The van der Waals surface area contributed by atoms with Gasteiger partial charge in [0.05, 0.1) is 36.3 Å². The average Bonchev–Trinajstić information content (AvgIpc) is 3.16. The van der Waals surface area contributed by atoms with Crippen LogP contribution in [0.5, 0.6) is 5.75 Å². The van der Waals surface area contributed by atoms with Crippen molar-refractivity contribution in [3.63, 3.8) is 0 Å². The molecule has 0 saturated carbocycles. The number of benzene rings is 1. The molecule has 1 aromatic carbocycles. The number of aryl methyl sites for hydroxylation is 2. The monoisotopic (exact) mass is 419 g/mol. The molecule has 2 aromatic rings. The van der Waals surface area contributed by atoms with E-state index in [1.807, 2.05) is 49.7 Å². The van der Waals surface area contributed by atoms with Crippen molar-refractivity contribution in [3.8, 4) is 5.75 Å². The number of sulfone groups is 1. The van der Waals surface area contributed by atoms with Crippen LogP contribution in [0.2, 0.25) is 0 Å². The van der Waals surface area contributed by atoms with Crippen LogP contribution in [-0.4, -0.2) is 54.2 Å².